The van der Waals surface area contributed by atoms with Gasteiger partial charge in [0.25, 0.3) is 5.95 Å². The molecule has 0 bridgehead atoms. The molecule has 1 aromatic carbocycles. The molecule has 2 rings (SSSR count). The predicted octanol–water partition coefficient (Wildman–Crippen LogP) is 2.09. The molecule has 1 heterocycles. The Morgan fingerprint density at radius 1 is 1.36 bits per heavy atom. The zero-order valence-electron chi connectivity index (χ0n) is 12.4. The lowest BCUT2D eigenvalue weighted by atomic mass is 10.2. The van der Waals surface area contributed by atoms with E-state index in [0.717, 1.165) is 21.2 Å². The summed E-state index contributed by atoms with van der Waals surface area (Å²) in [6, 6.07) is 3.71. The highest BCUT2D eigenvalue weighted by atomic mass is 79.9. The number of tetrazole rings is 1. The summed E-state index contributed by atoms with van der Waals surface area (Å²) in [6.07, 6.45) is 2.50. The summed E-state index contributed by atoms with van der Waals surface area (Å²) in [6.45, 7) is 5.12. The maximum atomic E-state index is 5.72. The van der Waals surface area contributed by atoms with Gasteiger partial charge in [0.15, 0.2) is 11.5 Å². The number of anilines is 1. The van der Waals surface area contributed by atoms with Gasteiger partial charge in [0.2, 0.25) is 0 Å². The Balaban J connectivity index is 2.29. The second kappa shape index (κ2) is 7.74. The summed E-state index contributed by atoms with van der Waals surface area (Å²) < 4.78 is 12.1. The van der Waals surface area contributed by atoms with Crippen LogP contribution in [-0.2, 0) is 0 Å². The number of aromatic nitrogens is 4. The molecule has 0 spiro atoms. The van der Waals surface area contributed by atoms with Crippen molar-refractivity contribution >= 4 is 28.1 Å². The van der Waals surface area contributed by atoms with Gasteiger partial charge in [-0.15, -0.1) is 0 Å². The lowest BCUT2D eigenvalue weighted by molar-refractivity contribution is 0.275. The van der Waals surface area contributed by atoms with Crippen molar-refractivity contribution in [1.82, 2.24) is 20.3 Å². The van der Waals surface area contributed by atoms with Crippen molar-refractivity contribution < 1.29 is 9.47 Å². The molecule has 0 radical (unpaired) electrons. The molecule has 0 unspecified atom stereocenters. The van der Waals surface area contributed by atoms with Crippen LogP contribution in [0.3, 0.4) is 0 Å². The second-order valence-electron chi connectivity index (χ2n) is 4.28. The maximum Gasteiger partial charge on any atom is 0.263 e. The number of rotatable bonds is 7. The molecule has 0 aliphatic carbocycles. The van der Waals surface area contributed by atoms with Gasteiger partial charge in [-0.2, -0.15) is 5.10 Å². The molecule has 0 aliphatic rings. The van der Waals surface area contributed by atoms with Crippen LogP contribution in [0, 0.1) is 0 Å². The molecule has 1 aromatic heterocycles. The molecule has 22 heavy (non-hydrogen) atoms. The fourth-order valence-electron chi connectivity index (χ4n) is 1.66. The van der Waals surface area contributed by atoms with Crippen molar-refractivity contribution in [2.24, 2.45) is 5.10 Å². The quantitative estimate of drug-likeness (QED) is 0.750. The lowest BCUT2D eigenvalue weighted by Gasteiger charge is -2.14. The summed E-state index contributed by atoms with van der Waals surface area (Å²) in [5.74, 6) is 1.45. The Morgan fingerprint density at radius 2 is 2.18 bits per heavy atom. The molecule has 0 atom stereocenters. The van der Waals surface area contributed by atoms with Crippen LogP contribution in [0.5, 0.6) is 11.5 Å². The molecule has 0 fully saturated rings. The third-order valence-electron chi connectivity index (χ3n) is 2.58. The standard InChI is InChI=1S/C13H17BrN6O2/c1-3-5-22-12-10(14)6-9(7-11(12)21-4-2)8-16-20-13(15)17-18-19-20/h6-8H,3-5H2,1-2H3,(H2,15,17,19)/b16-8+. The fraction of sp³-hybridized carbons (Fsp3) is 0.385. The Labute approximate surface area is 136 Å². The van der Waals surface area contributed by atoms with Crippen LogP contribution in [0.4, 0.5) is 5.95 Å². The largest absolute Gasteiger partial charge is 0.490 e. The second-order valence-corrected chi connectivity index (χ2v) is 5.14. The van der Waals surface area contributed by atoms with Crippen LogP contribution in [0.2, 0.25) is 0 Å². The summed E-state index contributed by atoms with van der Waals surface area (Å²) in [7, 11) is 0. The molecule has 8 nitrogen and oxygen atoms in total. The van der Waals surface area contributed by atoms with Gasteiger partial charge in [-0.05, 0) is 57.4 Å². The van der Waals surface area contributed by atoms with Crippen molar-refractivity contribution in [1.29, 1.82) is 0 Å². The SMILES string of the molecule is CCCOc1c(Br)cc(/C=N/n2nnnc2N)cc1OCC. The zero-order valence-corrected chi connectivity index (χ0v) is 13.9. The van der Waals surface area contributed by atoms with Crippen LogP contribution in [0.25, 0.3) is 0 Å². The first kappa shape index (κ1) is 16.2. The van der Waals surface area contributed by atoms with E-state index in [0.29, 0.717) is 24.7 Å². The van der Waals surface area contributed by atoms with Crippen LogP contribution in [0.1, 0.15) is 25.8 Å². The molecule has 0 saturated heterocycles. The number of ether oxygens (including phenoxy) is 2. The average molecular weight is 369 g/mol. The van der Waals surface area contributed by atoms with E-state index < -0.39 is 0 Å². The predicted molar refractivity (Wildman–Crippen MR) is 86.3 cm³/mol. The van der Waals surface area contributed by atoms with Gasteiger partial charge in [0, 0.05) is 0 Å². The van der Waals surface area contributed by atoms with Gasteiger partial charge in [-0.25, -0.2) is 0 Å². The summed E-state index contributed by atoms with van der Waals surface area (Å²) in [5.41, 5.74) is 6.35. The van der Waals surface area contributed by atoms with E-state index in [1.165, 1.54) is 0 Å². The molecule has 2 N–H and O–H groups in total. The van der Waals surface area contributed by atoms with E-state index in [2.05, 4.69) is 36.6 Å². The van der Waals surface area contributed by atoms with Crippen LogP contribution in [0.15, 0.2) is 21.7 Å². The number of nitrogens with zero attached hydrogens (tertiary/aromatic N) is 5. The number of hydrogen-bond acceptors (Lipinski definition) is 7. The van der Waals surface area contributed by atoms with Crippen LogP contribution < -0.4 is 15.2 Å². The van der Waals surface area contributed by atoms with Crippen molar-refractivity contribution in [2.45, 2.75) is 20.3 Å². The van der Waals surface area contributed by atoms with Gasteiger partial charge in [0.05, 0.1) is 23.9 Å². The normalized spacial score (nSPS) is 11.0. The highest BCUT2D eigenvalue weighted by Crippen LogP contribution is 2.36. The maximum absolute atomic E-state index is 5.72. The minimum atomic E-state index is 0.114. The Morgan fingerprint density at radius 3 is 2.82 bits per heavy atom. The fourth-order valence-corrected chi connectivity index (χ4v) is 2.24. The van der Waals surface area contributed by atoms with E-state index in [1.54, 1.807) is 6.21 Å². The molecule has 2 aromatic rings. The lowest BCUT2D eigenvalue weighted by Crippen LogP contribution is -2.02. The number of benzene rings is 1. The monoisotopic (exact) mass is 368 g/mol. The number of halogens is 1. The molecule has 0 saturated carbocycles. The van der Waals surface area contributed by atoms with Crippen molar-refractivity contribution in [2.75, 3.05) is 18.9 Å². The summed E-state index contributed by atoms with van der Waals surface area (Å²) in [5, 5.41) is 14.7. The van der Waals surface area contributed by atoms with Crippen molar-refractivity contribution in [3.63, 3.8) is 0 Å². The van der Waals surface area contributed by atoms with Crippen molar-refractivity contribution in [3.05, 3.63) is 22.2 Å². The minimum absolute atomic E-state index is 0.114. The molecule has 0 amide bonds. The highest BCUT2D eigenvalue weighted by molar-refractivity contribution is 9.10. The van der Waals surface area contributed by atoms with E-state index >= 15 is 0 Å². The molecular weight excluding hydrogens is 352 g/mol. The number of nitrogens with two attached hydrogens (primary N) is 1. The van der Waals surface area contributed by atoms with Gasteiger partial charge in [-0.3, -0.25) is 0 Å². The molecule has 9 heteroatoms. The minimum Gasteiger partial charge on any atom is -0.490 e. The van der Waals surface area contributed by atoms with E-state index in [4.69, 9.17) is 15.2 Å². The van der Waals surface area contributed by atoms with Gasteiger partial charge in [0.1, 0.15) is 0 Å². The molecule has 0 aliphatic heterocycles. The molecular formula is C13H17BrN6O2. The summed E-state index contributed by atoms with van der Waals surface area (Å²) >= 11 is 3.49. The van der Waals surface area contributed by atoms with E-state index in [1.807, 2.05) is 26.0 Å². The Bertz CT molecular complexity index is 658. The first-order valence-electron chi connectivity index (χ1n) is 6.83. The van der Waals surface area contributed by atoms with Gasteiger partial charge in [-0.1, -0.05) is 16.8 Å². The van der Waals surface area contributed by atoms with Gasteiger partial charge >= 0.3 is 0 Å². The number of hydrogen-bond donors (Lipinski definition) is 1. The first-order valence-corrected chi connectivity index (χ1v) is 7.62. The zero-order chi connectivity index (χ0) is 15.9. The number of nitrogen functional groups attached to an aromatic ring is 1. The van der Waals surface area contributed by atoms with Crippen molar-refractivity contribution in [3.8, 4) is 11.5 Å². The topological polar surface area (TPSA) is 100 Å². The van der Waals surface area contributed by atoms with E-state index in [9.17, 15) is 0 Å². The van der Waals surface area contributed by atoms with E-state index in [-0.39, 0.29) is 5.95 Å². The summed E-state index contributed by atoms with van der Waals surface area (Å²) in [4.78, 5) is 1.13. The highest BCUT2D eigenvalue weighted by Gasteiger charge is 2.11. The molecule has 118 valence electrons. The first-order chi connectivity index (χ1) is 10.7. The average Bonchev–Trinajstić information content (AvgIpc) is 2.90. The van der Waals surface area contributed by atoms with Gasteiger partial charge < -0.3 is 15.2 Å². The van der Waals surface area contributed by atoms with Crippen LogP contribution >= 0.6 is 15.9 Å². The Hall–Kier alpha value is -2.16. The smallest absolute Gasteiger partial charge is 0.263 e. The third kappa shape index (κ3) is 3.94. The third-order valence-corrected chi connectivity index (χ3v) is 3.16. The van der Waals surface area contributed by atoms with Crippen LogP contribution in [-0.4, -0.2) is 39.7 Å². The Kier molecular flexibility index (Phi) is 5.70.